The van der Waals surface area contributed by atoms with E-state index < -0.39 is 66.5 Å². The number of esters is 1. The van der Waals surface area contributed by atoms with Gasteiger partial charge in [-0.05, 0) is 34.1 Å². The van der Waals surface area contributed by atoms with Crippen molar-refractivity contribution in [2.24, 2.45) is 0 Å². The predicted molar refractivity (Wildman–Crippen MR) is 235 cm³/mol. The fraction of sp³-hybridized carbons (Fsp3) is 0.380. The second-order valence-electron chi connectivity index (χ2n) is 15.3. The highest BCUT2D eigenvalue weighted by Gasteiger charge is 2.54. The summed E-state index contributed by atoms with van der Waals surface area (Å²) in [5.41, 5.74) is 4.30. The molecule has 0 radical (unpaired) electrons. The maximum atomic E-state index is 12.6. The molecular weight excluding hydrogens is 809 g/mol. The van der Waals surface area contributed by atoms with Crippen LogP contribution in [0, 0.1) is 0 Å². The molecule has 2 saturated heterocycles. The average Bonchev–Trinajstić information content (AvgIpc) is 3.31. The molecule has 2 aliphatic heterocycles. The molecule has 11 nitrogen and oxygen atoms in total. The number of thioether (sulfide) groups is 1. The largest absolute Gasteiger partial charge is 0.457 e. The highest BCUT2D eigenvalue weighted by atomic mass is 32.2. The summed E-state index contributed by atoms with van der Waals surface area (Å²) in [5.74, 6) is -0.584. The van der Waals surface area contributed by atoms with Crippen LogP contribution in [0.5, 0.6) is 0 Å². The minimum atomic E-state index is -1.38. The molecule has 0 spiro atoms. The quantitative estimate of drug-likeness (QED) is 0.0730. The van der Waals surface area contributed by atoms with E-state index in [1.165, 1.54) is 18.7 Å². The molecule has 0 unspecified atom stereocenters. The molecule has 328 valence electrons. The Morgan fingerprint density at radius 1 is 0.516 bits per heavy atom. The fourth-order valence-electron chi connectivity index (χ4n) is 7.57. The van der Waals surface area contributed by atoms with E-state index in [0.717, 1.165) is 27.8 Å². The topological polar surface area (TPSA) is 120 Å². The summed E-state index contributed by atoms with van der Waals surface area (Å²) < 4.78 is 59.2. The van der Waals surface area contributed by atoms with E-state index in [4.69, 9.17) is 42.6 Å². The van der Waals surface area contributed by atoms with E-state index in [9.17, 15) is 9.90 Å². The third-order valence-electron chi connectivity index (χ3n) is 10.7. The van der Waals surface area contributed by atoms with E-state index in [2.05, 4.69) is 0 Å². The van der Waals surface area contributed by atoms with Crippen molar-refractivity contribution in [1.29, 1.82) is 0 Å². The average molecular weight is 865 g/mol. The van der Waals surface area contributed by atoms with Crippen LogP contribution < -0.4 is 0 Å². The molecule has 2 fully saturated rings. The van der Waals surface area contributed by atoms with Gasteiger partial charge in [-0.25, -0.2) is 0 Å². The normalized spacial score (nSPS) is 26.2. The predicted octanol–water partition coefficient (Wildman–Crippen LogP) is 7.67. The van der Waals surface area contributed by atoms with Crippen LogP contribution in [0.2, 0.25) is 0 Å². The van der Waals surface area contributed by atoms with Crippen molar-refractivity contribution in [2.45, 2.75) is 101 Å². The zero-order valence-electron chi connectivity index (χ0n) is 35.1. The van der Waals surface area contributed by atoms with Gasteiger partial charge in [-0.1, -0.05) is 152 Å². The van der Waals surface area contributed by atoms with Gasteiger partial charge in [0.1, 0.15) is 48.2 Å². The second-order valence-corrected chi connectivity index (χ2v) is 16.2. The van der Waals surface area contributed by atoms with Gasteiger partial charge < -0.3 is 47.7 Å². The molecule has 62 heavy (non-hydrogen) atoms. The Bertz CT molecular complexity index is 2010. The van der Waals surface area contributed by atoms with Crippen LogP contribution in [0.4, 0.5) is 0 Å². The molecule has 2 heterocycles. The number of rotatable bonds is 21. The van der Waals surface area contributed by atoms with E-state index in [1.807, 2.05) is 158 Å². The van der Waals surface area contributed by atoms with Crippen LogP contribution in [0.25, 0.3) is 0 Å². The van der Waals surface area contributed by atoms with E-state index in [0.29, 0.717) is 13.2 Å². The van der Waals surface area contributed by atoms with Crippen LogP contribution in [0.3, 0.4) is 0 Å². The first-order valence-corrected chi connectivity index (χ1v) is 22.3. The SMILES string of the molecule is CS[C@@H]1O[C@H](COCc2ccccc2)[C@@H](O[C@@H]2O[C@H](COCc3ccccc3)[C@H](OC(C)=O)[C@H](O)[C@H]2OCc2ccccc2)[C@H](OCc2ccccc2)[C@H]1OCc1ccccc1. The minimum Gasteiger partial charge on any atom is -0.457 e. The number of aliphatic hydroxyl groups is 1. The molecule has 0 aliphatic carbocycles. The molecule has 0 amide bonds. The first kappa shape index (κ1) is 45.6. The zero-order valence-corrected chi connectivity index (χ0v) is 35.9. The lowest BCUT2D eigenvalue weighted by Gasteiger charge is -2.49. The highest BCUT2D eigenvalue weighted by molar-refractivity contribution is 7.99. The van der Waals surface area contributed by atoms with Crippen LogP contribution in [-0.2, 0) is 80.5 Å². The first-order valence-electron chi connectivity index (χ1n) is 21.0. The molecule has 10 atom stereocenters. The lowest BCUT2D eigenvalue weighted by molar-refractivity contribution is -0.352. The number of carbonyl (C=O) groups is 1. The van der Waals surface area contributed by atoms with Gasteiger partial charge in [0.2, 0.25) is 0 Å². The molecule has 0 aromatic heterocycles. The molecule has 5 aromatic carbocycles. The summed E-state index contributed by atoms with van der Waals surface area (Å²) in [6.45, 7) is 2.68. The van der Waals surface area contributed by atoms with Crippen molar-refractivity contribution in [2.75, 3.05) is 19.5 Å². The summed E-state index contributed by atoms with van der Waals surface area (Å²) in [6.07, 6.45) is -6.76. The van der Waals surface area contributed by atoms with Crippen molar-refractivity contribution < 1.29 is 52.5 Å². The Morgan fingerprint density at radius 3 is 1.32 bits per heavy atom. The summed E-state index contributed by atoms with van der Waals surface area (Å²) in [4.78, 5) is 12.6. The third-order valence-corrected chi connectivity index (χ3v) is 11.5. The van der Waals surface area contributed by atoms with Crippen LogP contribution in [0.15, 0.2) is 152 Å². The van der Waals surface area contributed by atoms with Gasteiger partial charge in [-0.3, -0.25) is 4.79 Å². The molecule has 5 aromatic rings. The Labute approximate surface area is 368 Å². The number of benzene rings is 5. The molecule has 0 saturated carbocycles. The summed E-state index contributed by atoms with van der Waals surface area (Å²) in [6, 6.07) is 49.1. The van der Waals surface area contributed by atoms with Gasteiger partial charge in [0.15, 0.2) is 12.4 Å². The van der Waals surface area contributed by atoms with Crippen LogP contribution in [0.1, 0.15) is 34.7 Å². The number of carbonyl (C=O) groups excluding carboxylic acids is 1. The van der Waals surface area contributed by atoms with Gasteiger partial charge >= 0.3 is 5.97 Å². The van der Waals surface area contributed by atoms with E-state index in [1.54, 1.807) is 0 Å². The number of hydrogen-bond donors (Lipinski definition) is 1. The molecule has 1 N–H and O–H groups in total. The molecule has 12 heteroatoms. The number of aliphatic hydroxyl groups excluding tert-OH is 1. The lowest BCUT2D eigenvalue weighted by atomic mass is 9.96. The maximum Gasteiger partial charge on any atom is 0.303 e. The molecule has 7 rings (SSSR count). The van der Waals surface area contributed by atoms with E-state index in [-0.39, 0.29) is 33.0 Å². The summed E-state index contributed by atoms with van der Waals surface area (Å²) in [5, 5.41) is 12.2. The first-order chi connectivity index (χ1) is 30.4. The Morgan fingerprint density at radius 2 is 0.903 bits per heavy atom. The molecule has 2 aliphatic rings. The summed E-state index contributed by atoms with van der Waals surface area (Å²) in [7, 11) is 0. The molecule has 0 bridgehead atoms. The number of hydrogen-bond acceptors (Lipinski definition) is 12. The van der Waals surface area contributed by atoms with Gasteiger partial charge in [-0.15, -0.1) is 11.8 Å². The van der Waals surface area contributed by atoms with Crippen molar-refractivity contribution in [3.8, 4) is 0 Å². The van der Waals surface area contributed by atoms with Gasteiger partial charge in [-0.2, -0.15) is 0 Å². The minimum absolute atomic E-state index is 0.0226. The lowest BCUT2D eigenvalue weighted by Crippen LogP contribution is -2.65. The van der Waals surface area contributed by atoms with Crippen molar-refractivity contribution in [1.82, 2.24) is 0 Å². The monoisotopic (exact) mass is 864 g/mol. The van der Waals surface area contributed by atoms with Gasteiger partial charge in [0.05, 0.1) is 46.2 Å². The smallest absolute Gasteiger partial charge is 0.303 e. The van der Waals surface area contributed by atoms with E-state index >= 15 is 0 Å². The third kappa shape index (κ3) is 13.1. The maximum absolute atomic E-state index is 12.6. The van der Waals surface area contributed by atoms with Crippen LogP contribution in [-0.4, -0.2) is 91.1 Å². The van der Waals surface area contributed by atoms with Crippen molar-refractivity contribution >= 4 is 17.7 Å². The molecular formula is C50H56O11S. The van der Waals surface area contributed by atoms with Gasteiger partial charge in [0, 0.05) is 6.92 Å². The fourth-order valence-corrected chi connectivity index (χ4v) is 8.33. The van der Waals surface area contributed by atoms with Crippen molar-refractivity contribution in [3.05, 3.63) is 179 Å². The Hall–Kier alpha value is -4.44. The number of ether oxygens (including phenoxy) is 9. The summed E-state index contributed by atoms with van der Waals surface area (Å²) >= 11 is 1.52. The zero-order chi connectivity index (χ0) is 42.9. The second kappa shape index (κ2) is 23.9. The Balaban J connectivity index is 1.23. The highest BCUT2D eigenvalue weighted by Crippen LogP contribution is 2.37. The van der Waals surface area contributed by atoms with Gasteiger partial charge in [0.25, 0.3) is 0 Å². The standard InChI is InChI=1S/C50H56O11S/c1-35(51)58-44-41(33-53-28-36-18-8-3-9-19-36)59-49(46(43(44)52)55-30-38-22-12-5-13-23-38)61-45-42(34-54-29-37-20-10-4-11-21-37)60-50(62-2)48(57-32-40-26-16-7-17-27-40)47(45)56-31-39-24-14-6-15-25-39/h3-27,41-50,52H,28-34H2,1-2H3/t41-,42-,43+,44+,45-,46-,47+,48-,49+,50+/m1/s1. The van der Waals surface area contributed by atoms with Crippen molar-refractivity contribution in [3.63, 3.8) is 0 Å². The Kier molecular flexibility index (Phi) is 17.5. The van der Waals surface area contributed by atoms with Crippen LogP contribution >= 0.6 is 11.8 Å².